The van der Waals surface area contributed by atoms with Gasteiger partial charge in [-0.15, -0.1) is 0 Å². The molecule has 1 aromatic rings. The Balaban J connectivity index is 3.17. The Kier molecular flexibility index (Phi) is 2.84. The number of aryl methyl sites for hydroxylation is 1. The minimum Gasteiger partial charge on any atom is -0.384 e. The molecule has 0 aliphatic carbocycles. The quantitative estimate of drug-likeness (QED) is 0.479. The van der Waals surface area contributed by atoms with Crippen LogP contribution < -0.4 is 11.1 Å². The molecule has 1 aromatic heterocycles. The molecular formula is C9H14N4. The predicted octanol–water partition coefficient (Wildman–Crippen LogP) is 1.11. The molecule has 70 valence electrons. The number of rotatable bonds is 3. The van der Waals surface area contributed by atoms with E-state index in [1.165, 1.54) is 0 Å². The molecule has 0 amide bonds. The summed E-state index contributed by atoms with van der Waals surface area (Å²) in [7, 11) is 0. The van der Waals surface area contributed by atoms with Crippen molar-refractivity contribution in [2.75, 3.05) is 11.9 Å². The molecule has 0 spiro atoms. The van der Waals surface area contributed by atoms with E-state index in [2.05, 4.69) is 10.3 Å². The van der Waals surface area contributed by atoms with Crippen LogP contribution in [-0.2, 0) is 0 Å². The highest BCUT2D eigenvalue weighted by Crippen LogP contribution is 2.15. The summed E-state index contributed by atoms with van der Waals surface area (Å²) in [5.41, 5.74) is 7.12. The Bertz CT molecular complexity index is 319. The van der Waals surface area contributed by atoms with Crippen molar-refractivity contribution in [1.29, 1.82) is 5.41 Å². The first kappa shape index (κ1) is 9.51. The normalized spacial score (nSPS) is 9.69. The van der Waals surface area contributed by atoms with E-state index in [0.717, 1.165) is 12.1 Å². The third-order valence-corrected chi connectivity index (χ3v) is 1.77. The van der Waals surface area contributed by atoms with Gasteiger partial charge in [0.25, 0.3) is 0 Å². The molecule has 0 saturated heterocycles. The number of nitrogens with one attached hydrogen (secondary N) is 2. The van der Waals surface area contributed by atoms with Crippen LogP contribution in [0.5, 0.6) is 0 Å². The number of hydrogen-bond acceptors (Lipinski definition) is 3. The maximum Gasteiger partial charge on any atom is 0.137 e. The van der Waals surface area contributed by atoms with Gasteiger partial charge in [-0.2, -0.15) is 0 Å². The molecule has 0 aromatic carbocycles. The zero-order chi connectivity index (χ0) is 9.84. The Morgan fingerprint density at radius 2 is 2.38 bits per heavy atom. The summed E-state index contributed by atoms with van der Waals surface area (Å²) in [6.07, 6.45) is 1.71. The zero-order valence-electron chi connectivity index (χ0n) is 7.89. The Labute approximate surface area is 77.7 Å². The summed E-state index contributed by atoms with van der Waals surface area (Å²) in [4.78, 5) is 4.12. The van der Waals surface area contributed by atoms with E-state index in [-0.39, 0.29) is 5.84 Å². The maximum absolute atomic E-state index is 7.39. The fourth-order valence-electron chi connectivity index (χ4n) is 1.20. The highest BCUT2D eigenvalue weighted by atomic mass is 15.0. The van der Waals surface area contributed by atoms with E-state index >= 15 is 0 Å². The fourth-order valence-corrected chi connectivity index (χ4v) is 1.20. The van der Waals surface area contributed by atoms with E-state index in [1.807, 2.05) is 19.9 Å². The third-order valence-electron chi connectivity index (χ3n) is 1.77. The Morgan fingerprint density at radius 3 is 2.92 bits per heavy atom. The van der Waals surface area contributed by atoms with Crippen LogP contribution in [0.1, 0.15) is 18.1 Å². The van der Waals surface area contributed by atoms with Crippen molar-refractivity contribution in [3.8, 4) is 0 Å². The second-order valence-corrected chi connectivity index (χ2v) is 2.80. The molecule has 4 N–H and O–H groups in total. The van der Waals surface area contributed by atoms with Crippen molar-refractivity contribution < 1.29 is 0 Å². The lowest BCUT2D eigenvalue weighted by molar-refractivity contribution is 1.14. The van der Waals surface area contributed by atoms with Gasteiger partial charge in [0.1, 0.15) is 11.7 Å². The van der Waals surface area contributed by atoms with Crippen molar-refractivity contribution in [2.45, 2.75) is 13.8 Å². The molecule has 0 aliphatic rings. The molecule has 0 saturated carbocycles. The first-order valence-electron chi connectivity index (χ1n) is 4.20. The van der Waals surface area contributed by atoms with Gasteiger partial charge in [0, 0.05) is 12.7 Å². The van der Waals surface area contributed by atoms with Gasteiger partial charge >= 0.3 is 0 Å². The van der Waals surface area contributed by atoms with Crippen LogP contribution >= 0.6 is 0 Å². The number of hydrogen-bond donors (Lipinski definition) is 3. The second kappa shape index (κ2) is 3.89. The first-order valence-corrected chi connectivity index (χ1v) is 4.20. The summed E-state index contributed by atoms with van der Waals surface area (Å²) in [5.74, 6) is 0.747. The topological polar surface area (TPSA) is 74.8 Å². The first-order chi connectivity index (χ1) is 6.16. The highest BCUT2D eigenvalue weighted by molar-refractivity contribution is 6.00. The van der Waals surface area contributed by atoms with Crippen molar-refractivity contribution in [3.63, 3.8) is 0 Å². The standard InChI is InChI=1S/C9H14N4/c1-3-12-9-7(8(10)11)6(2)4-5-13-9/h4-5H,3H2,1-2H3,(H3,10,11)(H,12,13). The van der Waals surface area contributed by atoms with Crippen LogP contribution in [0.25, 0.3) is 0 Å². The molecule has 0 aliphatic heterocycles. The molecular weight excluding hydrogens is 164 g/mol. The van der Waals surface area contributed by atoms with Crippen molar-refractivity contribution in [2.24, 2.45) is 5.73 Å². The molecule has 0 atom stereocenters. The van der Waals surface area contributed by atoms with Crippen LogP contribution in [0.2, 0.25) is 0 Å². The van der Waals surface area contributed by atoms with E-state index < -0.39 is 0 Å². The van der Waals surface area contributed by atoms with Crippen molar-refractivity contribution in [1.82, 2.24) is 4.98 Å². The van der Waals surface area contributed by atoms with Gasteiger partial charge in [-0.25, -0.2) is 4.98 Å². The molecule has 4 nitrogen and oxygen atoms in total. The zero-order valence-corrected chi connectivity index (χ0v) is 7.89. The van der Waals surface area contributed by atoms with Crippen LogP contribution in [0.3, 0.4) is 0 Å². The molecule has 1 rings (SSSR count). The third kappa shape index (κ3) is 1.96. The van der Waals surface area contributed by atoms with Gasteiger partial charge in [0.05, 0.1) is 5.56 Å². The average molecular weight is 178 g/mol. The second-order valence-electron chi connectivity index (χ2n) is 2.80. The van der Waals surface area contributed by atoms with Gasteiger partial charge in [-0.1, -0.05) is 0 Å². The largest absolute Gasteiger partial charge is 0.384 e. The average Bonchev–Trinajstić information content (AvgIpc) is 2.04. The van der Waals surface area contributed by atoms with E-state index in [4.69, 9.17) is 11.1 Å². The number of nitrogen functional groups attached to an aromatic ring is 1. The van der Waals surface area contributed by atoms with Crippen LogP contribution in [0, 0.1) is 12.3 Å². The summed E-state index contributed by atoms with van der Waals surface area (Å²) in [5, 5.41) is 10.5. The lowest BCUT2D eigenvalue weighted by Gasteiger charge is -2.10. The number of anilines is 1. The fraction of sp³-hybridized carbons (Fsp3) is 0.333. The van der Waals surface area contributed by atoms with E-state index in [1.54, 1.807) is 6.20 Å². The van der Waals surface area contributed by atoms with Crippen LogP contribution in [0.4, 0.5) is 5.82 Å². The number of amidine groups is 1. The Hall–Kier alpha value is -1.58. The molecule has 13 heavy (non-hydrogen) atoms. The Morgan fingerprint density at radius 1 is 1.69 bits per heavy atom. The number of pyridine rings is 1. The van der Waals surface area contributed by atoms with E-state index in [0.29, 0.717) is 11.4 Å². The summed E-state index contributed by atoms with van der Waals surface area (Å²) >= 11 is 0. The molecule has 1 heterocycles. The number of nitrogens with two attached hydrogens (primary N) is 1. The number of aromatic nitrogens is 1. The molecule has 0 fully saturated rings. The van der Waals surface area contributed by atoms with Gasteiger partial charge in [-0.3, -0.25) is 5.41 Å². The molecule has 0 radical (unpaired) electrons. The predicted molar refractivity (Wildman–Crippen MR) is 54.2 cm³/mol. The highest BCUT2D eigenvalue weighted by Gasteiger charge is 2.08. The lowest BCUT2D eigenvalue weighted by Crippen LogP contribution is -2.17. The number of nitrogens with zero attached hydrogens (tertiary/aromatic N) is 1. The van der Waals surface area contributed by atoms with Crippen molar-refractivity contribution in [3.05, 3.63) is 23.4 Å². The van der Waals surface area contributed by atoms with Gasteiger partial charge < -0.3 is 11.1 Å². The molecule has 0 bridgehead atoms. The minimum atomic E-state index is 0.0570. The summed E-state index contributed by atoms with van der Waals surface area (Å²) in [6.45, 7) is 4.67. The van der Waals surface area contributed by atoms with Crippen LogP contribution in [0.15, 0.2) is 12.3 Å². The van der Waals surface area contributed by atoms with Gasteiger partial charge in [0.2, 0.25) is 0 Å². The van der Waals surface area contributed by atoms with Gasteiger partial charge in [0.15, 0.2) is 0 Å². The van der Waals surface area contributed by atoms with E-state index in [9.17, 15) is 0 Å². The van der Waals surface area contributed by atoms with Crippen molar-refractivity contribution >= 4 is 11.7 Å². The molecule has 0 unspecified atom stereocenters. The summed E-state index contributed by atoms with van der Waals surface area (Å²) < 4.78 is 0. The maximum atomic E-state index is 7.39. The van der Waals surface area contributed by atoms with Crippen LogP contribution in [-0.4, -0.2) is 17.4 Å². The van der Waals surface area contributed by atoms with Gasteiger partial charge in [-0.05, 0) is 25.5 Å². The summed E-state index contributed by atoms with van der Waals surface area (Å²) in [6, 6.07) is 1.84. The monoisotopic (exact) mass is 178 g/mol. The minimum absolute atomic E-state index is 0.0570. The smallest absolute Gasteiger partial charge is 0.137 e. The lowest BCUT2D eigenvalue weighted by atomic mass is 10.1. The molecule has 4 heteroatoms. The SMILES string of the molecule is CCNc1nccc(C)c1C(=N)N.